The highest BCUT2D eigenvalue weighted by Gasteiger charge is 2.35. The van der Waals surface area contributed by atoms with Gasteiger partial charge in [-0.25, -0.2) is 0 Å². The van der Waals surface area contributed by atoms with Gasteiger partial charge in [-0.15, -0.1) is 10.2 Å². The van der Waals surface area contributed by atoms with Crippen LogP contribution in [0.25, 0.3) is 0 Å². The van der Waals surface area contributed by atoms with Crippen LogP contribution < -0.4 is 15.8 Å². The van der Waals surface area contributed by atoms with E-state index in [2.05, 4.69) is 15.5 Å². The molecule has 0 saturated heterocycles. The van der Waals surface area contributed by atoms with Crippen LogP contribution in [0.3, 0.4) is 0 Å². The van der Waals surface area contributed by atoms with Crippen molar-refractivity contribution in [3.63, 3.8) is 0 Å². The van der Waals surface area contributed by atoms with Gasteiger partial charge in [0.1, 0.15) is 12.4 Å². The van der Waals surface area contributed by atoms with E-state index in [9.17, 15) is 13.2 Å². The molecule has 2 aromatic rings. The van der Waals surface area contributed by atoms with E-state index in [1.165, 1.54) is 0 Å². The summed E-state index contributed by atoms with van der Waals surface area (Å²) in [4.78, 5) is 0. The zero-order valence-corrected chi connectivity index (χ0v) is 11.0. The molecule has 0 bridgehead atoms. The molecule has 0 aliphatic carbocycles. The normalized spacial score (nSPS) is 11.3. The second-order valence-corrected chi connectivity index (χ2v) is 4.74. The first-order chi connectivity index (χ1) is 9.45. The van der Waals surface area contributed by atoms with Crippen molar-refractivity contribution in [2.75, 3.05) is 24.2 Å². The molecule has 1 aromatic heterocycles. The topological polar surface area (TPSA) is 73.1 Å². The second kappa shape index (κ2) is 5.95. The minimum Gasteiger partial charge on any atom is -0.492 e. The third-order valence-corrected chi connectivity index (χ3v) is 3.10. The van der Waals surface area contributed by atoms with Gasteiger partial charge in [0.25, 0.3) is 0 Å². The third kappa shape index (κ3) is 3.98. The Kier molecular flexibility index (Phi) is 4.28. The van der Waals surface area contributed by atoms with E-state index in [4.69, 9.17) is 10.5 Å². The average Bonchev–Trinajstić information content (AvgIpc) is 2.83. The maximum absolute atomic E-state index is 12.3. The van der Waals surface area contributed by atoms with Gasteiger partial charge in [-0.3, -0.25) is 0 Å². The number of nitrogens with two attached hydrogens (primary N) is 1. The van der Waals surface area contributed by atoms with Crippen molar-refractivity contribution in [3.05, 3.63) is 29.3 Å². The number of alkyl halides is 3. The molecule has 0 saturated carbocycles. The Morgan fingerprint density at radius 2 is 2.10 bits per heavy atom. The number of ether oxygens (including phenoxy) is 1. The lowest BCUT2D eigenvalue weighted by Gasteiger charge is -2.06. The number of nitrogen functional groups attached to an aromatic ring is 1. The Hall–Kier alpha value is -2.03. The van der Waals surface area contributed by atoms with E-state index in [1.54, 1.807) is 24.3 Å². The van der Waals surface area contributed by atoms with Crippen molar-refractivity contribution in [3.8, 4) is 5.75 Å². The van der Waals surface area contributed by atoms with Crippen molar-refractivity contribution in [2.24, 2.45) is 0 Å². The summed E-state index contributed by atoms with van der Waals surface area (Å²) in [7, 11) is 0. The van der Waals surface area contributed by atoms with Crippen LogP contribution in [0.1, 0.15) is 5.01 Å². The van der Waals surface area contributed by atoms with Crippen molar-refractivity contribution in [1.29, 1.82) is 0 Å². The lowest BCUT2D eigenvalue weighted by molar-refractivity contribution is -0.138. The highest BCUT2D eigenvalue weighted by atomic mass is 32.1. The molecular weight excluding hydrogens is 293 g/mol. The largest absolute Gasteiger partial charge is 0.492 e. The van der Waals surface area contributed by atoms with E-state index in [0.29, 0.717) is 29.3 Å². The molecule has 1 heterocycles. The molecule has 0 spiro atoms. The van der Waals surface area contributed by atoms with Crippen molar-refractivity contribution in [2.45, 2.75) is 6.18 Å². The van der Waals surface area contributed by atoms with Crippen LogP contribution in [-0.2, 0) is 6.18 Å². The molecule has 0 aliphatic heterocycles. The molecule has 9 heteroatoms. The zero-order valence-electron chi connectivity index (χ0n) is 10.1. The first-order valence-electron chi connectivity index (χ1n) is 5.58. The molecule has 0 aliphatic rings. The number of nitrogens with one attached hydrogen (secondary N) is 1. The van der Waals surface area contributed by atoms with Crippen LogP contribution in [0.5, 0.6) is 5.75 Å². The summed E-state index contributed by atoms with van der Waals surface area (Å²) in [6.07, 6.45) is -4.46. The van der Waals surface area contributed by atoms with Crippen LogP contribution in [0.15, 0.2) is 24.3 Å². The minimum absolute atomic E-state index is 0.105. The van der Waals surface area contributed by atoms with Gasteiger partial charge in [-0.05, 0) is 12.1 Å². The second-order valence-electron chi connectivity index (χ2n) is 3.76. The number of halogens is 3. The number of aromatic nitrogens is 2. The van der Waals surface area contributed by atoms with E-state index in [-0.39, 0.29) is 11.7 Å². The van der Waals surface area contributed by atoms with Crippen molar-refractivity contribution >= 4 is 22.2 Å². The Morgan fingerprint density at radius 3 is 2.75 bits per heavy atom. The summed E-state index contributed by atoms with van der Waals surface area (Å²) in [5.41, 5.74) is 6.16. The zero-order chi connectivity index (χ0) is 14.6. The van der Waals surface area contributed by atoms with Gasteiger partial charge in [0.2, 0.25) is 10.1 Å². The van der Waals surface area contributed by atoms with E-state index in [1.807, 2.05) is 0 Å². The van der Waals surface area contributed by atoms with Crippen LogP contribution in [0.2, 0.25) is 0 Å². The number of hydrogen-bond acceptors (Lipinski definition) is 6. The molecule has 1 aromatic carbocycles. The molecule has 3 N–H and O–H groups in total. The summed E-state index contributed by atoms with van der Waals surface area (Å²) in [6, 6.07) is 6.87. The van der Waals surface area contributed by atoms with Crippen LogP contribution in [-0.4, -0.2) is 23.3 Å². The maximum Gasteiger partial charge on any atom is 0.445 e. The Morgan fingerprint density at radius 1 is 1.30 bits per heavy atom. The number of benzene rings is 1. The monoisotopic (exact) mass is 304 g/mol. The SMILES string of the molecule is Nc1cccc(OCCNc2nnc(C(F)(F)F)s2)c1. The van der Waals surface area contributed by atoms with E-state index in [0.717, 1.165) is 0 Å². The standard InChI is InChI=1S/C11H11F3N4OS/c12-11(13,14)9-17-18-10(20-9)16-4-5-19-8-3-1-2-7(15)6-8/h1-3,6H,4-5,15H2,(H,16,18). The van der Waals surface area contributed by atoms with Gasteiger partial charge in [0, 0.05) is 11.8 Å². The molecular formula is C11H11F3N4OS. The summed E-state index contributed by atoms with van der Waals surface area (Å²) in [5.74, 6) is 0.597. The highest BCUT2D eigenvalue weighted by molar-refractivity contribution is 7.15. The first kappa shape index (κ1) is 14.4. The number of anilines is 2. The summed E-state index contributed by atoms with van der Waals surface area (Å²) in [6.45, 7) is 0.575. The highest BCUT2D eigenvalue weighted by Crippen LogP contribution is 2.32. The quantitative estimate of drug-likeness (QED) is 0.656. The van der Waals surface area contributed by atoms with Crippen molar-refractivity contribution < 1.29 is 17.9 Å². The molecule has 5 nitrogen and oxygen atoms in total. The third-order valence-electron chi connectivity index (χ3n) is 2.17. The first-order valence-corrected chi connectivity index (χ1v) is 6.40. The van der Waals surface area contributed by atoms with Gasteiger partial charge in [-0.1, -0.05) is 17.4 Å². The van der Waals surface area contributed by atoms with E-state index >= 15 is 0 Å². The van der Waals surface area contributed by atoms with Crippen LogP contribution >= 0.6 is 11.3 Å². The Bertz CT molecular complexity index is 573. The predicted octanol–water partition coefficient (Wildman–Crippen LogP) is 2.63. The summed E-state index contributed by atoms with van der Waals surface area (Å²) >= 11 is 0.455. The molecule has 2 rings (SSSR count). The molecule has 0 radical (unpaired) electrons. The average molecular weight is 304 g/mol. The van der Waals surface area contributed by atoms with E-state index < -0.39 is 11.2 Å². The maximum atomic E-state index is 12.3. The molecule has 20 heavy (non-hydrogen) atoms. The van der Waals surface area contributed by atoms with Gasteiger partial charge in [0.15, 0.2) is 0 Å². The number of rotatable bonds is 5. The van der Waals surface area contributed by atoms with Crippen molar-refractivity contribution in [1.82, 2.24) is 10.2 Å². The molecule has 0 fully saturated rings. The van der Waals surface area contributed by atoms with Gasteiger partial charge in [-0.2, -0.15) is 13.2 Å². The lowest BCUT2D eigenvalue weighted by Crippen LogP contribution is -2.11. The lowest BCUT2D eigenvalue weighted by atomic mass is 10.3. The molecule has 108 valence electrons. The smallest absolute Gasteiger partial charge is 0.445 e. The van der Waals surface area contributed by atoms with Crippen LogP contribution in [0.4, 0.5) is 24.0 Å². The molecule has 0 atom stereocenters. The fraction of sp³-hybridized carbons (Fsp3) is 0.273. The van der Waals surface area contributed by atoms with Gasteiger partial charge >= 0.3 is 6.18 Å². The van der Waals surface area contributed by atoms with Gasteiger partial charge in [0.05, 0.1) is 6.54 Å². The number of nitrogens with zero attached hydrogens (tertiary/aromatic N) is 2. The Balaban J connectivity index is 1.77. The minimum atomic E-state index is -4.46. The number of hydrogen-bond donors (Lipinski definition) is 2. The summed E-state index contributed by atoms with van der Waals surface area (Å²) < 4.78 is 42.3. The van der Waals surface area contributed by atoms with Gasteiger partial charge < -0.3 is 15.8 Å². The molecule has 0 amide bonds. The fourth-order valence-electron chi connectivity index (χ4n) is 1.34. The Labute approximate surface area is 116 Å². The van der Waals surface area contributed by atoms with Crippen LogP contribution in [0, 0.1) is 0 Å². The predicted molar refractivity (Wildman–Crippen MR) is 69.8 cm³/mol. The fourth-order valence-corrected chi connectivity index (χ4v) is 1.98. The molecule has 0 unspecified atom stereocenters. The summed E-state index contributed by atoms with van der Waals surface area (Å²) in [5, 5.41) is 8.30.